The molecule has 0 aliphatic carbocycles. The molecule has 0 saturated carbocycles. The molecule has 0 radical (unpaired) electrons. The van der Waals surface area contributed by atoms with Gasteiger partial charge in [0.25, 0.3) is 0 Å². The second-order valence-electron chi connectivity index (χ2n) is 6.68. The van der Waals surface area contributed by atoms with E-state index >= 15 is 0 Å². The number of halogens is 3. The van der Waals surface area contributed by atoms with Gasteiger partial charge in [-0.2, -0.15) is 17.5 Å². The van der Waals surface area contributed by atoms with E-state index in [0.717, 1.165) is 12.1 Å². The molecule has 1 aliphatic heterocycles. The highest BCUT2D eigenvalue weighted by atomic mass is 32.2. The van der Waals surface area contributed by atoms with E-state index in [1.807, 2.05) is 4.90 Å². The zero-order valence-corrected chi connectivity index (χ0v) is 15.8. The molecule has 10 heteroatoms. The van der Waals surface area contributed by atoms with Crippen LogP contribution in [0.25, 0.3) is 11.3 Å². The van der Waals surface area contributed by atoms with Crippen molar-refractivity contribution < 1.29 is 21.6 Å². The van der Waals surface area contributed by atoms with E-state index < -0.39 is 27.0 Å². The van der Waals surface area contributed by atoms with Gasteiger partial charge >= 0.3 is 6.18 Å². The van der Waals surface area contributed by atoms with Crippen molar-refractivity contribution in [1.82, 2.24) is 14.3 Å². The molecule has 1 saturated heterocycles. The number of rotatable bonds is 4. The number of piperazine rings is 1. The number of nitrogens with one attached hydrogen (secondary N) is 1. The van der Waals surface area contributed by atoms with Crippen LogP contribution < -0.4 is 4.90 Å². The minimum atomic E-state index is -4.41. The number of sulfonamides is 1. The highest BCUT2D eigenvalue weighted by Crippen LogP contribution is 2.32. The minimum Gasteiger partial charge on any atom is -0.340 e. The molecule has 27 heavy (non-hydrogen) atoms. The summed E-state index contributed by atoms with van der Waals surface area (Å²) in [7, 11) is -3.29. The third kappa shape index (κ3) is 4.11. The Bertz CT molecular complexity index is 901. The lowest BCUT2D eigenvalue weighted by molar-refractivity contribution is -0.137. The summed E-state index contributed by atoms with van der Waals surface area (Å²) in [6.45, 7) is 4.91. The van der Waals surface area contributed by atoms with Crippen LogP contribution in [0.3, 0.4) is 0 Å². The smallest absolute Gasteiger partial charge is 0.340 e. The normalized spacial score (nSPS) is 16.9. The topological polar surface area (TPSA) is 69.3 Å². The van der Waals surface area contributed by atoms with Crippen molar-refractivity contribution in [2.75, 3.05) is 31.1 Å². The summed E-state index contributed by atoms with van der Waals surface area (Å²) in [5.41, 5.74) is 0.154. The van der Waals surface area contributed by atoms with E-state index in [4.69, 9.17) is 0 Å². The molecule has 0 bridgehead atoms. The second kappa shape index (κ2) is 7.16. The van der Waals surface area contributed by atoms with E-state index in [0.29, 0.717) is 43.4 Å². The Morgan fingerprint density at radius 3 is 2.41 bits per heavy atom. The zero-order chi connectivity index (χ0) is 19.8. The van der Waals surface area contributed by atoms with E-state index in [-0.39, 0.29) is 0 Å². The fourth-order valence-electron chi connectivity index (χ4n) is 2.93. The molecule has 1 fully saturated rings. The number of aromatic nitrogens is 2. The number of hydrogen-bond donors (Lipinski definition) is 1. The van der Waals surface area contributed by atoms with Gasteiger partial charge < -0.3 is 9.88 Å². The Labute approximate surface area is 156 Å². The van der Waals surface area contributed by atoms with Crippen molar-refractivity contribution in [1.29, 1.82) is 0 Å². The van der Waals surface area contributed by atoms with Gasteiger partial charge in [0, 0.05) is 31.7 Å². The lowest BCUT2D eigenvalue weighted by Crippen LogP contribution is -2.50. The maximum atomic E-state index is 12.9. The van der Waals surface area contributed by atoms with Crippen LogP contribution in [-0.4, -0.2) is 54.1 Å². The number of alkyl halides is 3. The number of nitrogens with zero attached hydrogens (tertiary/aromatic N) is 3. The van der Waals surface area contributed by atoms with Gasteiger partial charge in [-0.25, -0.2) is 13.4 Å². The lowest BCUT2D eigenvalue weighted by Gasteiger charge is -2.34. The molecule has 148 valence electrons. The maximum absolute atomic E-state index is 12.9. The van der Waals surface area contributed by atoms with E-state index in [9.17, 15) is 21.6 Å². The summed E-state index contributed by atoms with van der Waals surface area (Å²) >= 11 is 0. The van der Waals surface area contributed by atoms with Crippen molar-refractivity contribution in [3.8, 4) is 11.3 Å². The monoisotopic (exact) mass is 402 g/mol. The first-order valence-electron chi connectivity index (χ1n) is 8.55. The molecule has 1 aromatic carbocycles. The Balaban J connectivity index is 1.73. The van der Waals surface area contributed by atoms with E-state index in [1.54, 1.807) is 19.9 Å². The summed E-state index contributed by atoms with van der Waals surface area (Å²) in [6.07, 6.45) is -2.92. The van der Waals surface area contributed by atoms with Crippen LogP contribution in [0.4, 0.5) is 19.1 Å². The first-order chi connectivity index (χ1) is 12.6. The van der Waals surface area contributed by atoms with Crippen LogP contribution in [0.2, 0.25) is 0 Å². The van der Waals surface area contributed by atoms with Gasteiger partial charge in [-0.15, -0.1) is 0 Å². The summed E-state index contributed by atoms with van der Waals surface area (Å²) in [4.78, 5) is 9.18. The van der Waals surface area contributed by atoms with Crippen molar-refractivity contribution in [2.45, 2.75) is 25.3 Å². The van der Waals surface area contributed by atoms with Gasteiger partial charge in [-0.05, 0) is 26.0 Å². The van der Waals surface area contributed by atoms with Crippen LogP contribution in [-0.2, 0) is 16.2 Å². The summed E-state index contributed by atoms with van der Waals surface area (Å²) < 4.78 is 64.6. The molecule has 2 aromatic rings. The molecular formula is C17H21F3N4O2S. The van der Waals surface area contributed by atoms with Crippen molar-refractivity contribution in [3.63, 3.8) is 0 Å². The van der Waals surface area contributed by atoms with Crippen LogP contribution in [0, 0.1) is 0 Å². The first-order valence-corrected chi connectivity index (χ1v) is 10.1. The molecule has 1 aliphatic rings. The number of imidazole rings is 1. The molecule has 0 unspecified atom stereocenters. The Hall–Kier alpha value is -2.07. The predicted molar refractivity (Wildman–Crippen MR) is 96.9 cm³/mol. The van der Waals surface area contributed by atoms with Crippen LogP contribution >= 0.6 is 0 Å². The average Bonchev–Trinajstić information content (AvgIpc) is 3.11. The van der Waals surface area contributed by atoms with Gasteiger partial charge in [0.1, 0.15) is 0 Å². The lowest BCUT2D eigenvalue weighted by atomic mass is 10.1. The summed E-state index contributed by atoms with van der Waals surface area (Å²) in [5, 5.41) is -0.472. The van der Waals surface area contributed by atoms with Crippen LogP contribution in [0.1, 0.15) is 19.4 Å². The summed E-state index contributed by atoms with van der Waals surface area (Å²) in [5.74, 6) is 0.518. The van der Waals surface area contributed by atoms with Gasteiger partial charge in [-0.1, -0.05) is 12.1 Å². The van der Waals surface area contributed by atoms with Gasteiger partial charge in [-0.3, -0.25) is 0 Å². The predicted octanol–water partition coefficient (Wildman–Crippen LogP) is 2.96. The fraction of sp³-hybridized carbons (Fsp3) is 0.471. The third-order valence-corrected chi connectivity index (χ3v) is 6.83. The van der Waals surface area contributed by atoms with Gasteiger partial charge in [0.2, 0.25) is 16.0 Å². The molecule has 0 atom stereocenters. The van der Waals surface area contributed by atoms with Crippen LogP contribution in [0.15, 0.2) is 30.5 Å². The number of aromatic amines is 1. The second-order valence-corrected chi connectivity index (χ2v) is 9.17. The minimum absolute atomic E-state index is 0.347. The number of benzene rings is 1. The van der Waals surface area contributed by atoms with Gasteiger partial charge in [0.05, 0.1) is 22.7 Å². The largest absolute Gasteiger partial charge is 0.416 e. The Kier molecular flexibility index (Phi) is 5.22. The molecule has 0 spiro atoms. The quantitative estimate of drug-likeness (QED) is 0.854. The molecular weight excluding hydrogens is 381 g/mol. The standard InChI is InChI=1S/C17H21F3N4O2S/c1-12(2)27(25,26)24-8-6-23(7-9-24)16-21-11-15(22-16)13-4-3-5-14(10-13)17(18,19)20/h3-5,10-12H,6-9H2,1-2H3,(H,21,22). The van der Waals surface area contributed by atoms with Crippen molar-refractivity contribution in [2.24, 2.45) is 0 Å². The van der Waals surface area contributed by atoms with Crippen LogP contribution in [0.5, 0.6) is 0 Å². The zero-order valence-electron chi connectivity index (χ0n) is 15.0. The number of H-pyrrole nitrogens is 1. The highest BCUT2D eigenvalue weighted by molar-refractivity contribution is 7.89. The fourth-order valence-corrected chi connectivity index (χ4v) is 4.20. The van der Waals surface area contributed by atoms with Gasteiger partial charge in [0.15, 0.2) is 0 Å². The number of anilines is 1. The molecule has 6 nitrogen and oxygen atoms in total. The highest BCUT2D eigenvalue weighted by Gasteiger charge is 2.31. The molecule has 0 amide bonds. The molecule has 2 heterocycles. The first kappa shape index (κ1) is 19.7. The Morgan fingerprint density at radius 1 is 1.15 bits per heavy atom. The van der Waals surface area contributed by atoms with Crippen molar-refractivity contribution >= 4 is 16.0 Å². The third-order valence-electron chi connectivity index (χ3n) is 4.56. The SMILES string of the molecule is CC(C)S(=O)(=O)N1CCN(c2ncc(-c3cccc(C(F)(F)F)c3)[nH]2)CC1. The van der Waals surface area contributed by atoms with E-state index in [2.05, 4.69) is 9.97 Å². The van der Waals surface area contributed by atoms with E-state index in [1.165, 1.54) is 16.6 Å². The molecule has 1 aromatic heterocycles. The summed E-state index contributed by atoms with van der Waals surface area (Å²) in [6, 6.07) is 5.04. The average molecular weight is 402 g/mol. The van der Waals surface area contributed by atoms with Crippen molar-refractivity contribution in [3.05, 3.63) is 36.0 Å². The Morgan fingerprint density at radius 2 is 1.81 bits per heavy atom. The maximum Gasteiger partial charge on any atom is 0.416 e. The molecule has 1 N–H and O–H groups in total. The number of hydrogen-bond acceptors (Lipinski definition) is 4. The molecule has 3 rings (SSSR count).